The van der Waals surface area contributed by atoms with Crippen LogP contribution < -0.4 is 5.32 Å². The van der Waals surface area contributed by atoms with Crippen LogP contribution in [0.25, 0.3) is 0 Å². The van der Waals surface area contributed by atoms with Crippen molar-refractivity contribution in [2.24, 2.45) is 11.3 Å². The van der Waals surface area contributed by atoms with Crippen LogP contribution in [0.2, 0.25) is 0 Å². The summed E-state index contributed by atoms with van der Waals surface area (Å²) in [7, 11) is 1.58. The van der Waals surface area contributed by atoms with Crippen LogP contribution in [-0.4, -0.2) is 36.9 Å². The number of rotatable bonds is 5. The van der Waals surface area contributed by atoms with E-state index >= 15 is 0 Å². The average molecular weight is 257 g/mol. The standard InChI is InChI=1S/C14H27NO3/c1-11-7-13(2,3)9-14(8-11,10-16)15-12(17)5-6-18-4/h11,16H,5-10H2,1-4H3,(H,15,17). The van der Waals surface area contributed by atoms with E-state index in [0.29, 0.717) is 18.9 Å². The molecule has 1 aliphatic carbocycles. The summed E-state index contributed by atoms with van der Waals surface area (Å²) in [6, 6.07) is 0. The number of carbonyl (C=O) groups excluding carboxylic acids is 1. The smallest absolute Gasteiger partial charge is 0.222 e. The highest BCUT2D eigenvalue weighted by Gasteiger charge is 2.43. The Balaban J connectivity index is 2.69. The van der Waals surface area contributed by atoms with Crippen LogP contribution in [0.5, 0.6) is 0 Å². The number of hydrogen-bond acceptors (Lipinski definition) is 3. The third kappa shape index (κ3) is 4.25. The van der Waals surface area contributed by atoms with E-state index in [0.717, 1.165) is 19.3 Å². The van der Waals surface area contributed by atoms with Gasteiger partial charge < -0.3 is 15.2 Å². The minimum Gasteiger partial charge on any atom is -0.394 e. The van der Waals surface area contributed by atoms with E-state index in [1.807, 2.05) is 0 Å². The second-order valence-corrected chi connectivity index (χ2v) is 6.58. The lowest BCUT2D eigenvalue weighted by Gasteiger charge is -2.47. The fraction of sp³-hybridized carbons (Fsp3) is 0.929. The summed E-state index contributed by atoms with van der Waals surface area (Å²) in [6.45, 7) is 7.03. The molecule has 1 rings (SSSR count). The second kappa shape index (κ2) is 6.02. The van der Waals surface area contributed by atoms with E-state index in [2.05, 4.69) is 26.1 Å². The van der Waals surface area contributed by atoms with Gasteiger partial charge in [0, 0.05) is 13.5 Å². The molecule has 0 heterocycles. The maximum absolute atomic E-state index is 11.8. The second-order valence-electron chi connectivity index (χ2n) is 6.58. The third-order valence-corrected chi connectivity index (χ3v) is 3.70. The zero-order valence-corrected chi connectivity index (χ0v) is 12.1. The molecule has 0 bridgehead atoms. The Morgan fingerprint density at radius 2 is 2.11 bits per heavy atom. The number of carbonyl (C=O) groups is 1. The van der Waals surface area contributed by atoms with Crippen molar-refractivity contribution >= 4 is 5.91 Å². The first-order valence-electron chi connectivity index (χ1n) is 6.73. The number of hydrogen-bond donors (Lipinski definition) is 2. The normalized spacial score (nSPS) is 31.1. The van der Waals surface area contributed by atoms with Crippen molar-refractivity contribution in [3.63, 3.8) is 0 Å². The number of methoxy groups -OCH3 is 1. The van der Waals surface area contributed by atoms with Gasteiger partial charge in [0.25, 0.3) is 0 Å². The fourth-order valence-corrected chi connectivity index (χ4v) is 3.55. The molecule has 0 aromatic heterocycles. The molecular formula is C14H27NO3. The minimum atomic E-state index is -0.452. The number of amides is 1. The maximum atomic E-state index is 11.8. The molecule has 0 aliphatic heterocycles. The lowest BCUT2D eigenvalue weighted by atomic mass is 9.64. The molecule has 0 saturated heterocycles. The SMILES string of the molecule is COCCC(=O)NC1(CO)CC(C)CC(C)(C)C1. The van der Waals surface area contributed by atoms with E-state index in [1.54, 1.807) is 7.11 Å². The molecule has 2 atom stereocenters. The van der Waals surface area contributed by atoms with Gasteiger partial charge in [0.15, 0.2) is 0 Å². The van der Waals surface area contributed by atoms with Crippen LogP contribution >= 0.6 is 0 Å². The van der Waals surface area contributed by atoms with Crippen molar-refractivity contribution < 1.29 is 14.6 Å². The Kier molecular flexibility index (Phi) is 5.17. The van der Waals surface area contributed by atoms with Crippen molar-refractivity contribution in [3.05, 3.63) is 0 Å². The van der Waals surface area contributed by atoms with Crippen molar-refractivity contribution in [2.75, 3.05) is 20.3 Å². The largest absolute Gasteiger partial charge is 0.394 e. The molecule has 106 valence electrons. The monoisotopic (exact) mass is 257 g/mol. The van der Waals surface area contributed by atoms with Gasteiger partial charge in [-0.1, -0.05) is 20.8 Å². The average Bonchev–Trinajstić information content (AvgIpc) is 2.23. The number of nitrogens with one attached hydrogen (secondary N) is 1. The van der Waals surface area contributed by atoms with E-state index in [1.165, 1.54) is 0 Å². The summed E-state index contributed by atoms with van der Waals surface area (Å²) >= 11 is 0. The Hall–Kier alpha value is -0.610. The van der Waals surface area contributed by atoms with Gasteiger partial charge in [-0.15, -0.1) is 0 Å². The summed E-state index contributed by atoms with van der Waals surface area (Å²) in [5.74, 6) is 0.486. The van der Waals surface area contributed by atoms with Gasteiger partial charge in [-0.25, -0.2) is 0 Å². The zero-order valence-electron chi connectivity index (χ0n) is 12.1. The topological polar surface area (TPSA) is 58.6 Å². The predicted molar refractivity (Wildman–Crippen MR) is 71.2 cm³/mol. The highest BCUT2D eigenvalue weighted by atomic mass is 16.5. The molecule has 2 unspecified atom stereocenters. The molecule has 0 radical (unpaired) electrons. The molecule has 4 heteroatoms. The van der Waals surface area contributed by atoms with E-state index in [9.17, 15) is 9.90 Å². The maximum Gasteiger partial charge on any atom is 0.222 e. The molecule has 0 aromatic rings. The zero-order chi connectivity index (χ0) is 13.8. The molecule has 0 spiro atoms. The predicted octanol–water partition coefficient (Wildman–Crippen LogP) is 1.72. The molecule has 18 heavy (non-hydrogen) atoms. The molecule has 4 nitrogen and oxygen atoms in total. The van der Waals surface area contributed by atoms with Gasteiger partial charge in [0.2, 0.25) is 5.91 Å². The van der Waals surface area contributed by atoms with Crippen LogP contribution in [0.1, 0.15) is 46.5 Å². The Morgan fingerprint density at radius 1 is 1.44 bits per heavy atom. The summed E-state index contributed by atoms with van der Waals surface area (Å²) in [6.07, 6.45) is 3.18. The van der Waals surface area contributed by atoms with Gasteiger partial charge in [-0.3, -0.25) is 4.79 Å². The summed E-state index contributed by atoms with van der Waals surface area (Å²) in [4.78, 5) is 11.8. The fourth-order valence-electron chi connectivity index (χ4n) is 3.55. The Bertz CT molecular complexity index is 291. The van der Waals surface area contributed by atoms with Gasteiger partial charge in [-0.2, -0.15) is 0 Å². The van der Waals surface area contributed by atoms with Gasteiger partial charge in [0.05, 0.1) is 18.8 Å². The van der Waals surface area contributed by atoms with Crippen LogP contribution in [0.4, 0.5) is 0 Å². The number of aliphatic hydroxyl groups excluding tert-OH is 1. The highest BCUT2D eigenvalue weighted by Crippen LogP contribution is 2.43. The Morgan fingerprint density at radius 3 is 2.61 bits per heavy atom. The molecule has 1 aliphatic rings. The third-order valence-electron chi connectivity index (χ3n) is 3.70. The van der Waals surface area contributed by atoms with Crippen molar-refractivity contribution in [1.82, 2.24) is 5.32 Å². The van der Waals surface area contributed by atoms with Gasteiger partial charge in [0.1, 0.15) is 0 Å². The Labute approximate surface area is 110 Å². The minimum absolute atomic E-state index is 0.0134. The van der Waals surface area contributed by atoms with Crippen LogP contribution in [0.15, 0.2) is 0 Å². The molecule has 0 aromatic carbocycles. The van der Waals surface area contributed by atoms with E-state index in [4.69, 9.17) is 4.74 Å². The lowest BCUT2D eigenvalue weighted by molar-refractivity contribution is -0.126. The number of aliphatic hydroxyl groups is 1. The van der Waals surface area contributed by atoms with Crippen molar-refractivity contribution in [1.29, 1.82) is 0 Å². The number of ether oxygens (including phenoxy) is 1. The summed E-state index contributed by atoms with van der Waals surface area (Å²) in [5, 5.41) is 12.8. The summed E-state index contributed by atoms with van der Waals surface area (Å²) in [5.41, 5.74) is -0.291. The lowest BCUT2D eigenvalue weighted by Crippen LogP contribution is -2.57. The first-order valence-corrected chi connectivity index (χ1v) is 6.73. The molecule has 1 fully saturated rings. The molecule has 2 N–H and O–H groups in total. The van der Waals surface area contributed by atoms with Gasteiger partial charge in [-0.05, 0) is 30.6 Å². The quantitative estimate of drug-likeness (QED) is 0.788. The molecule has 1 amide bonds. The summed E-state index contributed by atoms with van der Waals surface area (Å²) < 4.78 is 4.91. The molecular weight excluding hydrogens is 230 g/mol. The van der Waals surface area contributed by atoms with Crippen molar-refractivity contribution in [3.8, 4) is 0 Å². The van der Waals surface area contributed by atoms with Crippen LogP contribution in [0.3, 0.4) is 0 Å². The van der Waals surface area contributed by atoms with E-state index < -0.39 is 5.54 Å². The van der Waals surface area contributed by atoms with Gasteiger partial charge >= 0.3 is 0 Å². The van der Waals surface area contributed by atoms with Crippen LogP contribution in [-0.2, 0) is 9.53 Å². The highest BCUT2D eigenvalue weighted by molar-refractivity contribution is 5.77. The van der Waals surface area contributed by atoms with Crippen molar-refractivity contribution in [2.45, 2.75) is 52.0 Å². The van der Waals surface area contributed by atoms with E-state index in [-0.39, 0.29) is 17.9 Å². The first-order chi connectivity index (χ1) is 8.32. The molecule has 1 saturated carbocycles. The first kappa shape index (κ1) is 15.4. The van der Waals surface area contributed by atoms with Crippen LogP contribution in [0, 0.1) is 11.3 Å².